The van der Waals surface area contributed by atoms with Gasteiger partial charge in [0.25, 0.3) is 0 Å². The van der Waals surface area contributed by atoms with Gasteiger partial charge in [-0.15, -0.1) is 0 Å². The molecule has 0 radical (unpaired) electrons. The van der Waals surface area contributed by atoms with E-state index in [1.165, 1.54) is 0 Å². The molecule has 1 aliphatic rings. The molecule has 0 spiro atoms. The highest BCUT2D eigenvalue weighted by atomic mass is 16.3. The Morgan fingerprint density at radius 3 is 2.71 bits per heavy atom. The van der Waals surface area contributed by atoms with Gasteiger partial charge < -0.3 is 26.0 Å². The zero-order valence-corrected chi connectivity index (χ0v) is 8.48. The second kappa shape index (κ2) is 5.63. The highest BCUT2D eigenvalue weighted by Crippen LogP contribution is 2.10. The Hall–Kier alpha value is -0.200. The van der Waals surface area contributed by atoms with Crippen molar-refractivity contribution in [2.75, 3.05) is 19.6 Å². The van der Waals surface area contributed by atoms with Crippen LogP contribution in [0.4, 0.5) is 0 Å². The molecule has 14 heavy (non-hydrogen) atoms. The van der Waals surface area contributed by atoms with Crippen LogP contribution >= 0.6 is 0 Å². The monoisotopic (exact) mass is 204 g/mol. The maximum atomic E-state index is 9.48. The molecule has 1 rings (SSSR count). The van der Waals surface area contributed by atoms with Crippen molar-refractivity contribution < 1.29 is 15.3 Å². The van der Waals surface area contributed by atoms with E-state index in [0.717, 1.165) is 13.0 Å². The molecule has 4 atom stereocenters. The predicted molar refractivity (Wildman–Crippen MR) is 53.0 cm³/mol. The topological polar surface area (TPSA) is 84.8 Å². The maximum Gasteiger partial charge on any atom is 0.0964 e. The quantitative estimate of drug-likeness (QED) is 0.336. The third-order valence-electron chi connectivity index (χ3n) is 2.47. The molecule has 84 valence electrons. The lowest BCUT2D eigenvalue weighted by Gasteiger charge is -2.16. The molecule has 5 heteroatoms. The van der Waals surface area contributed by atoms with Crippen molar-refractivity contribution in [2.24, 2.45) is 0 Å². The van der Waals surface area contributed by atoms with Crippen LogP contribution in [0.25, 0.3) is 0 Å². The summed E-state index contributed by atoms with van der Waals surface area (Å²) in [6, 6.07) is -0.0356. The molecule has 1 fully saturated rings. The summed E-state index contributed by atoms with van der Waals surface area (Å²) in [6.45, 7) is 3.47. The molecule has 0 bridgehead atoms. The van der Waals surface area contributed by atoms with Gasteiger partial charge in [0, 0.05) is 19.1 Å². The largest absolute Gasteiger partial charge is 0.392 e. The van der Waals surface area contributed by atoms with Crippen LogP contribution in [0.5, 0.6) is 0 Å². The van der Waals surface area contributed by atoms with Crippen LogP contribution in [0.2, 0.25) is 0 Å². The van der Waals surface area contributed by atoms with Crippen molar-refractivity contribution in [2.45, 2.75) is 37.7 Å². The van der Waals surface area contributed by atoms with Crippen molar-refractivity contribution in [3.05, 3.63) is 0 Å². The normalized spacial score (nSPS) is 34.7. The smallest absolute Gasteiger partial charge is 0.0964 e. The number of nitrogens with one attached hydrogen (secondary N) is 2. The average molecular weight is 204 g/mol. The zero-order valence-electron chi connectivity index (χ0n) is 8.48. The summed E-state index contributed by atoms with van der Waals surface area (Å²) < 4.78 is 0. The maximum absolute atomic E-state index is 9.48. The summed E-state index contributed by atoms with van der Waals surface area (Å²) in [5, 5.41) is 33.8. The molecule has 1 aliphatic heterocycles. The van der Waals surface area contributed by atoms with E-state index in [9.17, 15) is 10.2 Å². The molecular weight excluding hydrogens is 184 g/mol. The van der Waals surface area contributed by atoms with E-state index in [1.807, 2.05) is 0 Å². The molecule has 5 nitrogen and oxygen atoms in total. The van der Waals surface area contributed by atoms with Crippen molar-refractivity contribution in [1.29, 1.82) is 0 Å². The third-order valence-corrected chi connectivity index (χ3v) is 2.47. The Morgan fingerprint density at radius 1 is 1.50 bits per heavy atom. The van der Waals surface area contributed by atoms with E-state index in [0.29, 0.717) is 13.1 Å². The Balaban J connectivity index is 2.07. The van der Waals surface area contributed by atoms with Crippen LogP contribution in [-0.2, 0) is 0 Å². The number of aliphatic hydroxyl groups is 3. The van der Waals surface area contributed by atoms with E-state index in [-0.39, 0.29) is 12.1 Å². The standard InChI is InChI=1S/C9H20N2O3/c1-6(12)4-10-3-2-7-9(14)8(13)5-11-7/h6-14H,2-5H2,1H3/t6-,7?,8-,9+/m0/s1. The van der Waals surface area contributed by atoms with Gasteiger partial charge in [-0.05, 0) is 19.9 Å². The molecule has 0 aromatic rings. The van der Waals surface area contributed by atoms with Crippen LogP contribution in [0.1, 0.15) is 13.3 Å². The number of hydrogen-bond acceptors (Lipinski definition) is 5. The number of rotatable bonds is 5. The summed E-state index contributed by atoms with van der Waals surface area (Å²) in [5.41, 5.74) is 0. The minimum Gasteiger partial charge on any atom is -0.392 e. The Morgan fingerprint density at radius 2 is 2.21 bits per heavy atom. The van der Waals surface area contributed by atoms with Crippen molar-refractivity contribution in [3.8, 4) is 0 Å². The van der Waals surface area contributed by atoms with Gasteiger partial charge >= 0.3 is 0 Å². The lowest BCUT2D eigenvalue weighted by Crippen LogP contribution is -2.36. The van der Waals surface area contributed by atoms with E-state index in [1.54, 1.807) is 6.92 Å². The van der Waals surface area contributed by atoms with Gasteiger partial charge in [0.2, 0.25) is 0 Å². The first-order valence-electron chi connectivity index (χ1n) is 5.09. The fourth-order valence-electron chi connectivity index (χ4n) is 1.62. The van der Waals surface area contributed by atoms with E-state index in [2.05, 4.69) is 10.6 Å². The SMILES string of the molecule is C[C@H](O)CNCCC1NC[C@H](O)[C@@H]1O. The number of hydrogen-bond donors (Lipinski definition) is 5. The van der Waals surface area contributed by atoms with Crippen LogP contribution in [0.3, 0.4) is 0 Å². The highest BCUT2D eigenvalue weighted by Gasteiger charge is 2.32. The summed E-state index contributed by atoms with van der Waals surface area (Å²) in [7, 11) is 0. The zero-order chi connectivity index (χ0) is 10.6. The molecule has 0 aliphatic carbocycles. The highest BCUT2D eigenvalue weighted by molar-refractivity contribution is 4.90. The Kier molecular flexibility index (Phi) is 4.77. The predicted octanol–water partition coefficient (Wildman–Crippen LogP) is -1.96. The first-order chi connectivity index (χ1) is 6.61. The fraction of sp³-hybridized carbons (Fsp3) is 1.00. The van der Waals surface area contributed by atoms with Gasteiger partial charge in [0.1, 0.15) is 0 Å². The van der Waals surface area contributed by atoms with E-state index < -0.39 is 12.2 Å². The van der Waals surface area contributed by atoms with Crippen molar-refractivity contribution in [1.82, 2.24) is 10.6 Å². The summed E-state index contributed by atoms with van der Waals surface area (Å²) >= 11 is 0. The lowest BCUT2D eigenvalue weighted by atomic mass is 10.1. The van der Waals surface area contributed by atoms with Gasteiger partial charge in [-0.1, -0.05) is 0 Å². The molecule has 0 aromatic heterocycles. The van der Waals surface area contributed by atoms with Gasteiger partial charge in [-0.3, -0.25) is 0 Å². The van der Waals surface area contributed by atoms with Gasteiger partial charge in [0.05, 0.1) is 18.3 Å². The second-order valence-electron chi connectivity index (χ2n) is 3.91. The van der Waals surface area contributed by atoms with E-state index >= 15 is 0 Å². The van der Waals surface area contributed by atoms with Crippen molar-refractivity contribution >= 4 is 0 Å². The second-order valence-corrected chi connectivity index (χ2v) is 3.91. The molecule has 0 amide bonds. The first-order valence-corrected chi connectivity index (χ1v) is 5.09. The molecular formula is C9H20N2O3. The van der Waals surface area contributed by atoms with Gasteiger partial charge in [-0.2, -0.15) is 0 Å². The van der Waals surface area contributed by atoms with Gasteiger partial charge in [-0.25, -0.2) is 0 Å². The molecule has 0 saturated carbocycles. The van der Waals surface area contributed by atoms with Crippen molar-refractivity contribution in [3.63, 3.8) is 0 Å². The molecule has 0 aromatic carbocycles. The Labute approximate surface area is 84.1 Å². The summed E-state index contributed by atoms with van der Waals surface area (Å²) in [4.78, 5) is 0. The minimum atomic E-state index is -0.664. The molecule has 1 unspecified atom stereocenters. The van der Waals surface area contributed by atoms with Gasteiger partial charge in [0.15, 0.2) is 0 Å². The average Bonchev–Trinajstić information content (AvgIpc) is 2.43. The van der Waals surface area contributed by atoms with Crippen LogP contribution in [0, 0.1) is 0 Å². The number of aliphatic hydroxyl groups excluding tert-OH is 3. The third kappa shape index (κ3) is 3.51. The van der Waals surface area contributed by atoms with E-state index in [4.69, 9.17) is 5.11 Å². The fourth-order valence-corrected chi connectivity index (χ4v) is 1.62. The Bertz CT molecular complexity index is 166. The summed E-state index contributed by atoms with van der Waals surface area (Å²) in [6.07, 6.45) is -0.896. The first kappa shape index (κ1) is 11.9. The lowest BCUT2D eigenvalue weighted by molar-refractivity contribution is 0.0392. The van der Waals surface area contributed by atoms with Crippen LogP contribution < -0.4 is 10.6 Å². The van der Waals surface area contributed by atoms with Crippen LogP contribution in [0.15, 0.2) is 0 Å². The minimum absolute atomic E-state index is 0.0356. The number of β-amino-alcohol motifs (C(OH)–C–C–N with tert-alkyl or cyclic N) is 1. The molecule has 1 saturated heterocycles. The molecule has 1 heterocycles. The summed E-state index contributed by atoms with van der Waals surface area (Å²) in [5.74, 6) is 0. The molecule has 5 N–H and O–H groups in total. The van der Waals surface area contributed by atoms with Crippen LogP contribution in [-0.4, -0.2) is 59.3 Å².